The highest BCUT2D eigenvalue weighted by atomic mass is 32.2. The molecule has 0 radical (unpaired) electrons. The Hall–Kier alpha value is -2.15. The van der Waals surface area contributed by atoms with Crippen LogP contribution in [0.25, 0.3) is 0 Å². The lowest BCUT2D eigenvalue weighted by molar-refractivity contribution is -0.121. The molecular formula is C19H28N4O6S2. The molecule has 1 atom stereocenters. The van der Waals surface area contributed by atoms with Crippen molar-refractivity contribution in [3.05, 3.63) is 18.2 Å². The average molecular weight is 473 g/mol. The Morgan fingerprint density at radius 3 is 2.68 bits per heavy atom. The molecule has 10 nitrogen and oxygen atoms in total. The summed E-state index contributed by atoms with van der Waals surface area (Å²) in [6.45, 7) is 2.47. The maximum atomic E-state index is 12.5. The molecule has 1 aromatic carbocycles. The molecule has 1 amide bonds. The number of thiocarbonyl (C=S) groups is 1. The smallest absolute Gasteiger partial charge is 0.240 e. The number of rotatable bonds is 8. The first kappa shape index (κ1) is 23.5. The van der Waals surface area contributed by atoms with Crippen LogP contribution in [-0.2, 0) is 19.6 Å². The number of hydrogen-bond acceptors (Lipinski definition) is 7. The Labute approximate surface area is 187 Å². The summed E-state index contributed by atoms with van der Waals surface area (Å²) in [5, 5.41) is 3.29. The van der Waals surface area contributed by atoms with E-state index in [1.165, 1.54) is 12.1 Å². The SMILES string of the molecule is O=C(CCCNS(=O)(=O)c1ccc2c(c1)OCCCO2)NNC(=S)NCC1CCCO1. The molecule has 2 heterocycles. The second kappa shape index (κ2) is 11.5. The molecule has 1 aromatic rings. The molecule has 0 saturated carbocycles. The van der Waals surface area contributed by atoms with Gasteiger partial charge in [0.1, 0.15) is 0 Å². The molecule has 31 heavy (non-hydrogen) atoms. The van der Waals surface area contributed by atoms with Crippen molar-refractivity contribution in [2.75, 3.05) is 32.9 Å². The fourth-order valence-corrected chi connectivity index (χ4v) is 4.32. The number of carbonyl (C=O) groups is 1. The number of benzene rings is 1. The number of nitrogens with one attached hydrogen (secondary N) is 4. The maximum absolute atomic E-state index is 12.5. The summed E-state index contributed by atoms with van der Waals surface area (Å²) < 4.78 is 44.0. The van der Waals surface area contributed by atoms with Crippen molar-refractivity contribution in [1.29, 1.82) is 0 Å². The van der Waals surface area contributed by atoms with Gasteiger partial charge >= 0.3 is 0 Å². The van der Waals surface area contributed by atoms with Crippen LogP contribution in [0, 0.1) is 0 Å². The molecule has 1 fully saturated rings. The van der Waals surface area contributed by atoms with Crippen LogP contribution in [0.2, 0.25) is 0 Å². The molecule has 1 unspecified atom stereocenters. The first-order chi connectivity index (χ1) is 14.9. The number of fused-ring (bicyclic) bond motifs is 1. The Kier molecular flexibility index (Phi) is 8.69. The van der Waals surface area contributed by atoms with Crippen LogP contribution in [0.5, 0.6) is 11.5 Å². The van der Waals surface area contributed by atoms with Crippen LogP contribution in [0.1, 0.15) is 32.1 Å². The molecule has 3 rings (SSSR count). The lowest BCUT2D eigenvalue weighted by Gasteiger charge is -2.14. The Morgan fingerprint density at radius 1 is 1.10 bits per heavy atom. The van der Waals surface area contributed by atoms with Gasteiger partial charge < -0.3 is 19.5 Å². The summed E-state index contributed by atoms with van der Waals surface area (Å²) in [5.74, 6) is 0.648. The highest BCUT2D eigenvalue weighted by Crippen LogP contribution is 2.31. The molecule has 172 valence electrons. The summed E-state index contributed by atoms with van der Waals surface area (Å²) in [4.78, 5) is 12.0. The van der Waals surface area contributed by atoms with Crippen molar-refractivity contribution in [1.82, 2.24) is 20.9 Å². The monoisotopic (exact) mass is 472 g/mol. The van der Waals surface area contributed by atoms with Crippen molar-refractivity contribution < 1.29 is 27.4 Å². The molecule has 12 heteroatoms. The van der Waals surface area contributed by atoms with Crippen molar-refractivity contribution >= 4 is 33.3 Å². The molecule has 0 spiro atoms. The van der Waals surface area contributed by atoms with Gasteiger partial charge in [-0.25, -0.2) is 13.1 Å². The maximum Gasteiger partial charge on any atom is 0.240 e. The zero-order valence-electron chi connectivity index (χ0n) is 17.1. The van der Waals surface area contributed by atoms with E-state index < -0.39 is 10.0 Å². The normalized spacial score (nSPS) is 18.1. The summed E-state index contributed by atoms with van der Waals surface area (Å²) >= 11 is 5.09. The Morgan fingerprint density at radius 2 is 1.90 bits per heavy atom. The first-order valence-electron chi connectivity index (χ1n) is 10.3. The molecular weight excluding hydrogens is 444 g/mol. The third kappa shape index (κ3) is 7.49. The number of ether oxygens (including phenoxy) is 3. The number of amides is 1. The van der Waals surface area contributed by atoms with Gasteiger partial charge in [-0.1, -0.05) is 0 Å². The predicted molar refractivity (Wildman–Crippen MR) is 117 cm³/mol. The van der Waals surface area contributed by atoms with E-state index in [-0.39, 0.29) is 29.9 Å². The van der Waals surface area contributed by atoms with Crippen molar-refractivity contribution in [2.24, 2.45) is 0 Å². The van der Waals surface area contributed by atoms with E-state index in [0.29, 0.717) is 42.8 Å². The second-order valence-corrected chi connectivity index (χ2v) is 9.35. The fraction of sp³-hybridized carbons (Fsp3) is 0.579. The van der Waals surface area contributed by atoms with E-state index >= 15 is 0 Å². The number of carbonyl (C=O) groups excluding carboxylic acids is 1. The van der Waals surface area contributed by atoms with Crippen molar-refractivity contribution in [3.8, 4) is 11.5 Å². The fourth-order valence-electron chi connectivity index (χ4n) is 3.09. The van der Waals surface area contributed by atoms with Gasteiger partial charge in [0.05, 0.1) is 24.2 Å². The van der Waals surface area contributed by atoms with E-state index in [1.807, 2.05) is 0 Å². The highest BCUT2D eigenvalue weighted by Gasteiger charge is 2.19. The minimum Gasteiger partial charge on any atom is -0.490 e. The van der Waals surface area contributed by atoms with Gasteiger partial charge in [0.25, 0.3) is 0 Å². The average Bonchev–Trinajstić information content (AvgIpc) is 3.17. The van der Waals surface area contributed by atoms with Crippen LogP contribution in [-0.4, -0.2) is 58.5 Å². The molecule has 0 bridgehead atoms. The van der Waals surface area contributed by atoms with Crippen molar-refractivity contribution in [3.63, 3.8) is 0 Å². The number of hydrazine groups is 1. The standard InChI is InChI=1S/C19H28N4O6S2/c24-18(22-23-19(30)20-13-14-4-2-9-27-14)5-1-8-21-31(25,26)15-6-7-16-17(12-15)29-11-3-10-28-16/h6-7,12,14,21H,1-5,8-11,13H2,(H,22,24)(H2,20,23,30). The van der Waals surface area contributed by atoms with E-state index in [9.17, 15) is 13.2 Å². The second-order valence-electron chi connectivity index (χ2n) is 7.18. The topological polar surface area (TPSA) is 127 Å². The number of hydrogen-bond donors (Lipinski definition) is 4. The summed E-state index contributed by atoms with van der Waals surface area (Å²) in [5.41, 5.74) is 5.11. The van der Waals surface area contributed by atoms with Crippen LogP contribution < -0.4 is 30.4 Å². The zero-order chi connectivity index (χ0) is 22.1. The molecule has 2 aliphatic rings. The Bertz CT molecular complexity index is 874. The molecule has 0 aliphatic carbocycles. The largest absolute Gasteiger partial charge is 0.490 e. The molecule has 0 aromatic heterocycles. The predicted octanol–water partition coefficient (Wildman–Crippen LogP) is 0.581. The van der Waals surface area contributed by atoms with Gasteiger partial charge in [0.2, 0.25) is 15.9 Å². The van der Waals surface area contributed by atoms with Crippen molar-refractivity contribution in [2.45, 2.75) is 43.1 Å². The summed E-state index contributed by atoms with van der Waals surface area (Å²) in [6, 6.07) is 4.51. The highest BCUT2D eigenvalue weighted by molar-refractivity contribution is 7.89. The lowest BCUT2D eigenvalue weighted by Crippen LogP contribution is -2.48. The molecule has 2 aliphatic heterocycles. The van der Waals surface area contributed by atoms with E-state index in [4.69, 9.17) is 26.4 Å². The third-order valence-corrected chi connectivity index (χ3v) is 6.44. The van der Waals surface area contributed by atoms with Gasteiger partial charge in [0.15, 0.2) is 16.6 Å². The van der Waals surface area contributed by atoms with Gasteiger partial charge in [-0.3, -0.25) is 15.6 Å². The van der Waals surface area contributed by atoms with Crippen LogP contribution in [0.3, 0.4) is 0 Å². The van der Waals surface area contributed by atoms with E-state index in [2.05, 4.69) is 20.9 Å². The van der Waals surface area contributed by atoms with Gasteiger partial charge in [-0.2, -0.15) is 0 Å². The summed E-state index contributed by atoms with van der Waals surface area (Å²) in [7, 11) is -3.72. The summed E-state index contributed by atoms with van der Waals surface area (Å²) in [6.07, 6.45) is 3.37. The van der Waals surface area contributed by atoms with Crippen LogP contribution in [0.4, 0.5) is 0 Å². The van der Waals surface area contributed by atoms with Crippen LogP contribution >= 0.6 is 12.2 Å². The minimum atomic E-state index is -3.72. The molecule has 4 N–H and O–H groups in total. The quantitative estimate of drug-likeness (QED) is 0.244. The zero-order valence-corrected chi connectivity index (χ0v) is 18.8. The first-order valence-corrected chi connectivity index (χ1v) is 12.2. The van der Waals surface area contributed by atoms with Gasteiger partial charge in [-0.15, -0.1) is 0 Å². The minimum absolute atomic E-state index is 0.0885. The lowest BCUT2D eigenvalue weighted by atomic mass is 10.2. The van der Waals surface area contributed by atoms with Crippen LogP contribution in [0.15, 0.2) is 23.1 Å². The molecule has 1 saturated heterocycles. The van der Waals surface area contributed by atoms with E-state index in [0.717, 1.165) is 25.9 Å². The van der Waals surface area contributed by atoms with Gasteiger partial charge in [0, 0.05) is 38.6 Å². The van der Waals surface area contributed by atoms with Gasteiger partial charge in [-0.05, 0) is 43.6 Å². The number of sulfonamides is 1. The third-order valence-electron chi connectivity index (χ3n) is 4.73. The Balaban J connectivity index is 1.34. The van der Waals surface area contributed by atoms with E-state index in [1.54, 1.807) is 6.07 Å².